The smallest absolute Gasteiger partial charge is 0.417 e. The molecule has 1 atom stereocenters. The van der Waals surface area contributed by atoms with Crippen LogP contribution in [0.15, 0.2) is 24.3 Å². The predicted octanol–water partition coefficient (Wildman–Crippen LogP) is 4.22. The lowest BCUT2D eigenvalue weighted by Crippen LogP contribution is -2.55. The average Bonchev–Trinajstić information content (AvgIpc) is 2.91. The van der Waals surface area contributed by atoms with Crippen LogP contribution < -0.4 is 9.47 Å². The van der Waals surface area contributed by atoms with E-state index in [0.717, 1.165) is 25.3 Å². The van der Waals surface area contributed by atoms with Gasteiger partial charge in [0.2, 0.25) is 0 Å². The molecule has 32 heavy (non-hydrogen) atoms. The molecular weight excluding hydrogens is 439 g/mol. The number of hydrogen-bond donors (Lipinski definition) is 1. The van der Waals surface area contributed by atoms with Crippen LogP contribution in [0.1, 0.15) is 11.1 Å². The molecule has 6 nitrogen and oxygen atoms in total. The Morgan fingerprint density at radius 2 is 1.97 bits per heavy atom. The largest absolute Gasteiger partial charge is 0.496 e. The summed E-state index contributed by atoms with van der Waals surface area (Å²) in [5, 5.41) is 9.21. The van der Waals surface area contributed by atoms with Crippen LogP contribution in [0.4, 0.5) is 26.7 Å². The molecule has 0 aliphatic carbocycles. The van der Waals surface area contributed by atoms with Gasteiger partial charge in [-0.1, -0.05) is 6.07 Å². The Morgan fingerprint density at radius 3 is 2.62 bits per heavy atom. The van der Waals surface area contributed by atoms with Gasteiger partial charge in [-0.2, -0.15) is 13.2 Å². The molecule has 2 heterocycles. The van der Waals surface area contributed by atoms with Gasteiger partial charge in [0, 0.05) is 37.3 Å². The van der Waals surface area contributed by atoms with Crippen molar-refractivity contribution in [3.8, 4) is 22.6 Å². The number of ether oxygens (including phenoxy) is 2. The van der Waals surface area contributed by atoms with Gasteiger partial charge in [0.05, 0.1) is 24.3 Å². The minimum atomic E-state index is -4.88. The van der Waals surface area contributed by atoms with Crippen LogP contribution >= 0.6 is 0 Å². The highest BCUT2D eigenvalue weighted by molar-refractivity contribution is 5.77. The molecule has 0 radical (unpaired) electrons. The number of methoxy groups -OCH3 is 1. The van der Waals surface area contributed by atoms with Crippen molar-refractivity contribution in [2.75, 3.05) is 33.4 Å². The zero-order valence-corrected chi connectivity index (χ0v) is 16.9. The maximum absolute atomic E-state index is 15.5. The minimum Gasteiger partial charge on any atom is -0.496 e. The van der Waals surface area contributed by atoms with Crippen molar-refractivity contribution in [3.05, 3.63) is 47.0 Å². The summed E-state index contributed by atoms with van der Waals surface area (Å²) in [5.74, 6) is -3.12. The monoisotopic (exact) mass is 458 g/mol. The van der Waals surface area contributed by atoms with E-state index in [0.29, 0.717) is 6.54 Å². The van der Waals surface area contributed by atoms with Gasteiger partial charge < -0.3 is 19.5 Å². The lowest BCUT2D eigenvalue weighted by Gasteiger charge is -2.38. The molecular formula is C21H19F5N2O4. The quantitative estimate of drug-likeness (QED) is 0.684. The topological polar surface area (TPSA) is 62.2 Å². The third kappa shape index (κ3) is 3.81. The molecule has 2 aromatic carbocycles. The fraction of sp³-hybridized carbons (Fsp3) is 0.381. The number of rotatable bonds is 2. The second-order valence-electron chi connectivity index (χ2n) is 7.58. The molecule has 0 aromatic heterocycles. The normalized spacial score (nSPS) is 18.9. The lowest BCUT2D eigenvalue weighted by atomic mass is 9.95. The summed E-state index contributed by atoms with van der Waals surface area (Å²) in [6.45, 7) is 0.636. The molecule has 2 aliphatic rings. The number of nitrogens with zero attached hydrogens (tertiary/aromatic N) is 2. The van der Waals surface area contributed by atoms with E-state index in [2.05, 4.69) is 0 Å². The average molecular weight is 458 g/mol. The SMILES string of the molecule is COc1cccc(C(F)(F)F)c1-c1c(F)cc2c(c1F)OC[C@H]1CN(C(=O)O)CCN1C2. The highest BCUT2D eigenvalue weighted by Crippen LogP contribution is 2.46. The van der Waals surface area contributed by atoms with E-state index in [9.17, 15) is 23.1 Å². The van der Waals surface area contributed by atoms with Crippen molar-refractivity contribution in [1.82, 2.24) is 9.80 Å². The van der Waals surface area contributed by atoms with Gasteiger partial charge in [-0.15, -0.1) is 0 Å². The molecule has 1 N–H and O–H groups in total. The number of amides is 1. The summed E-state index contributed by atoms with van der Waals surface area (Å²) < 4.78 is 82.1. The van der Waals surface area contributed by atoms with Crippen LogP contribution in [0.5, 0.6) is 11.5 Å². The highest BCUT2D eigenvalue weighted by Gasteiger charge is 2.39. The summed E-state index contributed by atoms with van der Waals surface area (Å²) in [7, 11) is 1.11. The Labute approximate surface area is 179 Å². The van der Waals surface area contributed by atoms with Gasteiger partial charge in [0.25, 0.3) is 0 Å². The van der Waals surface area contributed by atoms with Crippen LogP contribution in [0, 0.1) is 11.6 Å². The molecule has 1 fully saturated rings. The van der Waals surface area contributed by atoms with Crippen LogP contribution in [0.3, 0.4) is 0 Å². The van der Waals surface area contributed by atoms with E-state index >= 15 is 8.78 Å². The van der Waals surface area contributed by atoms with Gasteiger partial charge in [0.15, 0.2) is 11.6 Å². The maximum atomic E-state index is 15.5. The summed E-state index contributed by atoms with van der Waals surface area (Å²) in [6, 6.07) is 3.57. The molecule has 0 bridgehead atoms. The van der Waals surface area contributed by atoms with Crippen molar-refractivity contribution in [3.63, 3.8) is 0 Å². The number of fused-ring (bicyclic) bond motifs is 2. The number of carboxylic acid groups (broad SMARTS) is 1. The second-order valence-corrected chi connectivity index (χ2v) is 7.58. The van der Waals surface area contributed by atoms with Crippen molar-refractivity contribution in [1.29, 1.82) is 0 Å². The fourth-order valence-electron chi connectivity index (χ4n) is 4.18. The fourth-order valence-corrected chi connectivity index (χ4v) is 4.18. The van der Waals surface area contributed by atoms with Crippen LogP contribution in [-0.4, -0.2) is 60.4 Å². The Bertz CT molecular complexity index is 1060. The molecule has 0 unspecified atom stereocenters. The van der Waals surface area contributed by atoms with E-state index < -0.39 is 46.6 Å². The summed E-state index contributed by atoms with van der Waals surface area (Å²) in [5.41, 5.74) is -2.74. The van der Waals surface area contributed by atoms with E-state index in [1.165, 1.54) is 11.0 Å². The zero-order chi connectivity index (χ0) is 23.2. The van der Waals surface area contributed by atoms with Gasteiger partial charge in [-0.3, -0.25) is 4.90 Å². The lowest BCUT2D eigenvalue weighted by molar-refractivity contribution is -0.137. The minimum absolute atomic E-state index is 0.0691. The number of carbonyl (C=O) groups is 1. The number of alkyl halides is 3. The van der Waals surface area contributed by atoms with Crippen molar-refractivity contribution >= 4 is 6.09 Å². The second kappa shape index (κ2) is 8.12. The standard InChI is InChI=1S/C21H19F5N2O4/c1-31-15-4-2-3-13(21(24,25)26)16(15)17-14(22)7-11-8-27-5-6-28(20(29)30)9-12(27)10-32-19(11)18(17)23/h2-4,7,12H,5-6,8-10H2,1H3,(H,29,30)/t12-/m1/s1. The molecule has 1 saturated heterocycles. The predicted molar refractivity (Wildman–Crippen MR) is 103 cm³/mol. The summed E-state index contributed by atoms with van der Waals surface area (Å²) >= 11 is 0. The molecule has 0 saturated carbocycles. The molecule has 1 amide bonds. The Kier molecular flexibility index (Phi) is 5.61. The molecule has 172 valence electrons. The van der Waals surface area contributed by atoms with Crippen LogP contribution in [0.2, 0.25) is 0 Å². The highest BCUT2D eigenvalue weighted by atomic mass is 19.4. The first-order valence-corrected chi connectivity index (χ1v) is 9.72. The molecule has 2 aromatic rings. The van der Waals surface area contributed by atoms with E-state index in [-0.39, 0.29) is 43.3 Å². The van der Waals surface area contributed by atoms with Crippen molar-refractivity contribution in [2.24, 2.45) is 0 Å². The Balaban J connectivity index is 1.81. The Morgan fingerprint density at radius 1 is 1.22 bits per heavy atom. The van der Waals surface area contributed by atoms with Gasteiger partial charge in [-0.25, -0.2) is 13.6 Å². The van der Waals surface area contributed by atoms with Crippen LogP contribution in [-0.2, 0) is 12.7 Å². The van der Waals surface area contributed by atoms with Gasteiger partial charge in [0.1, 0.15) is 18.2 Å². The third-order valence-corrected chi connectivity index (χ3v) is 5.72. The maximum Gasteiger partial charge on any atom is 0.417 e. The van der Waals surface area contributed by atoms with Gasteiger partial charge >= 0.3 is 12.3 Å². The number of halogens is 5. The first-order chi connectivity index (χ1) is 15.1. The molecule has 4 rings (SSSR count). The number of benzene rings is 2. The molecule has 11 heteroatoms. The number of hydrogen-bond acceptors (Lipinski definition) is 4. The summed E-state index contributed by atoms with van der Waals surface area (Å²) in [6.07, 6.45) is -5.97. The van der Waals surface area contributed by atoms with Gasteiger partial charge in [-0.05, 0) is 18.2 Å². The summed E-state index contributed by atoms with van der Waals surface area (Å²) in [4.78, 5) is 14.3. The third-order valence-electron chi connectivity index (χ3n) is 5.72. The first kappa shape index (κ1) is 22.1. The molecule has 0 spiro atoms. The van der Waals surface area contributed by atoms with Crippen molar-refractivity contribution in [2.45, 2.75) is 18.8 Å². The molecule has 2 aliphatic heterocycles. The first-order valence-electron chi connectivity index (χ1n) is 9.72. The number of piperazine rings is 1. The van der Waals surface area contributed by atoms with E-state index in [1.807, 2.05) is 4.90 Å². The zero-order valence-electron chi connectivity index (χ0n) is 16.9. The van der Waals surface area contributed by atoms with E-state index in [4.69, 9.17) is 9.47 Å². The van der Waals surface area contributed by atoms with Crippen LogP contribution in [0.25, 0.3) is 11.1 Å². The van der Waals surface area contributed by atoms with Crippen molar-refractivity contribution < 1.29 is 41.3 Å². The Hall–Kier alpha value is -3.08. The van der Waals surface area contributed by atoms with E-state index in [1.54, 1.807) is 0 Å².